The number of rotatable bonds is 6. The maximum absolute atomic E-state index is 11.2. The van der Waals surface area contributed by atoms with Gasteiger partial charge in [-0.3, -0.25) is 25.1 Å². The first-order valence-corrected chi connectivity index (χ1v) is 11.0. The molecule has 0 spiro atoms. The van der Waals surface area contributed by atoms with E-state index in [1.807, 2.05) is 23.7 Å². The number of non-ortho nitro benzene ring substituents is 2. The van der Waals surface area contributed by atoms with Crippen molar-refractivity contribution >= 4 is 39.1 Å². The van der Waals surface area contributed by atoms with Gasteiger partial charge in [0, 0.05) is 69.4 Å². The summed E-state index contributed by atoms with van der Waals surface area (Å²) < 4.78 is 2.00. The Hall–Kier alpha value is -4.12. The smallest absolute Gasteiger partial charge is 0.270 e. The fraction of sp³-hybridized carbons (Fsp3) is 0.304. The molecular formula is C23H23N7O4. The van der Waals surface area contributed by atoms with Crippen molar-refractivity contribution in [1.29, 1.82) is 0 Å². The highest BCUT2D eigenvalue weighted by molar-refractivity contribution is 6.09. The minimum atomic E-state index is -0.393. The van der Waals surface area contributed by atoms with Crippen molar-refractivity contribution in [2.24, 2.45) is 7.05 Å². The van der Waals surface area contributed by atoms with Crippen LogP contribution in [0.25, 0.3) is 21.9 Å². The van der Waals surface area contributed by atoms with E-state index in [0.29, 0.717) is 5.52 Å². The van der Waals surface area contributed by atoms with Crippen LogP contribution >= 0.6 is 0 Å². The zero-order valence-electron chi connectivity index (χ0n) is 18.6. The van der Waals surface area contributed by atoms with Gasteiger partial charge in [0.25, 0.3) is 11.4 Å². The number of nitro groups is 2. The van der Waals surface area contributed by atoms with Crippen LogP contribution in [0.2, 0.25) is 0 Å². The molecule has 0 radical (unpaired) electrons. The SMILES string of the molecule is Cn1c2ccc([N+](=O)[O-])cc2c2ncnc(N3CCN(CCc4ccc([N+](=O)[O-])cc4)CC3)c21. The summed E-state index contributed by atoms with van der Waals surface area (Å²) in [6.45, 7) is 4.21. The van der Waals surface area contributed by atoms with E-state index < -0.39 is 4.92 Å². The van der Waals surface area contributed by atoms with Gasteiger partial charge in [-0.05, 0) is 18.1 Å². The highest BCUT2D eigenvalue weighted by Crippen LogP contribution is 2.34. The summed E-state index contributed by atoms with van der Waals surface area (Å²) in [6.07, 6.45) is 2.36. The third-order valence-corrected chi connectivity index (χ3v) is 6.48. The van der Waals surface area contributed by atoms with E-state index in [9.17, 15) is 20.2 Å². The Morgan fingerprint density at radius 2 is 1.59 bits per heavy atom. The van der Waals surface area contributed by atoms with Crippen molar-refractivity contribution < 1.29 is 9.85 Å². The van der Waals surface area contributed by atoms with Crippen LogP contribution in [0.15, 0.2) is 48.8 Å². The van der Waals surface area contributed by atoms with E-state index in [1.54, 1.807) is 24.3 Å². The number of benzene rings is 2. The standard InChI is InChI=1S/C23H23N7O4/c1-26-20-7-6-18(30(33)34)14-19(20)21-22(26)23(25-15-24-21)28-12-10-27(11-13-28)9-8-16-2-4-17(5-3-16)29(31)32/h2-7,14-15H,8-13H2,1H3. The highest BCUT2D eigenvalue weighted by atomic mass is 16.6. The molecule has 1 fully saturated rings. The van der Waals surface area contributed by atoms with E-state index >= 15 is 0 Å². The van der Waals surface area contributed by atoms with Crippen LogP contribution in [-0.4, -0.2) is 62.0 Å². The minimum Gasteiger partial charge on any atom is -0.352 e. The van der Waals surface area contributed by atoms with Crippen LogP contribution in [0.3, 0.4) is 0 Å². The molecule has 11 nitrogen and oxygen atoms in total. The van der Waals surface area contributed by atoms with Gasteiger partial charge in [-0.1, -0.05) is 12.1 Å². The second-order valence-electron chi connectivity index (χ2n) is 8.41. The number of nitrogens with zero attached hydrogens (tertiary/aromatic N) is 7. The number of anilines is 1. The summed E-state index contributed by atoms with van der Waals surface area (Å²) in [5, 5.41) is 22.8. The molecule has 2 aromatic carbocycles. The number of nitro benzene ring substituents is 2. The van der Waals surface area contributed by atoms with E-state index in [1.165, 1.54) is 12.4 Å². The van der Waals surface area contributed by atoms with Crippen molar-refractivity contribution in [1.82, 2.24) is 19.4 Å². The third kappa shape index (κ3) is 3.90. The Kier molecular flexibility index (Phi) is 5.54. The van der Waals surface area contributed by atoms with Crippen LogP contribution in [0.4, 0.5) is 17.2 Å². The van der Waals surface area contributed by atoms with Crippen molar-refractivity contribution in [3.05, 3.63) is 74.6 Å². The maximum Gasteiger partial charge on any atom is 0.270 e. The monoisotopic (exact) mass is 461 g/mol. The lowest BCUT2D eigenvalue weighted by Gasteiger charge is -2.35. The molecule has 5 rings (SSSR count). The van der Waals surface area contributed by atoms with Gasteiger partial charge in [-0.2, -0.15) is 0 Å². The molecular weight excluding hydrogens is 438 g/mol. The normalized spacial score (nSPS) is 14.7. The first kappa shape index (κ1) is 21.7. The zero-order chi connectivity index (χ0) is 23.8. The number of piperazine rings is 1. The molecule has 0 bridgehead atoms. The van der Waals surface area contributed by atoms with E-state index in [0.717, 1.165) is 66.9 Å². The number of hydrogen-bond acceptors (Lipinski definition) is 8. The average molecular weight is 461 g/mol. The van der Waals surface area contributed by atoms with Crippen LogP contribution in [0, 0.1) is 20.2 Å². The summed E-state index contributed by atoms with van der Waals surface area (Å²) in [5.74, 6) is 0.835. The molecule has 34 heavy (non-hydrogen) atoms. The Morgan fingerprint density at radius 3 is 2.26 bits per heavy atom. The Morgan fingerprint density at radius 1 is 0.912 bits per heavy atom. The molecule has 1 saturated heterocycles. The van der Waals surface area contributed by atoms with Gasteiger partial charge in [0.2, 0.25) is 0 Å². The lowest BCUT2D eigenvalue weighted by atomic mass is 10.1. The average Bonchev–Trinajstić information content (AvgIpc) is 3.15. The molecule has 3 heterocycles. The number of hydrogen-bond donors (Lipinski definition) is 0. The summed E-state index contributed by atoms with van der Waals surface area (Å²) in [4.78, 5) is 34.9. The van der Waals surface area contributed by atoms with Crippen molar-refractivity contribution in [3.8, 4) is 0 Å². The predicted octanol–water partition coefficient (Wildman–Crippen LogP) is 3.30. The summed E-state index contributed by atoms with van der Waals surface area (Å²) in [5.41, 5.74) is 3.70. The van der Waals surface area contributed by atoms with Crippen LogP contribution < -0.4 is 4.90 Å². The van der Waals surface area contributed by atoms with Crippen molar-refractivity contribution in [2.45, 2.75) is 6.42 Å². The first-order chi connectivity index (χ1) is 16.4. The minimum absolute atomic E-state index is 0.0433. The Labute approximate surface area is 194 Å². The topological polar surface area (TPSA) is 123 Å². The van der Waals surface area contributed by atoms with Gasteiger partial charge in [0.15, 0.2) is 5.82 Å². The zero-order valence-corrected chi connectivity index (χ0v) is 18.6. The van der Waals surface area contributed by atoms with Crippen LogP contribution in [0.1, 0.15) is 5.56 Å². The molecule has 0 amide bonds. The second-order valence-corrected chi connectivity index (χ2v) is 8.41. The van der Waals surface area contributed by atoms with Gasteiger partial charge in [0.1, 0.15) is 17.4 Å². The summed E-state index contributed by atoms with van der Waals surface area (Å²) in [6, 6.07) is 11.6. The molecule has 11 heteroatoms. The van der Waals surface area contributed by atoms with Gasteiger partial charge >= 0.3 is 0 Å². The number of aromatic nitrogens is 3. The quantitative estimate of drug-likeness (QED) is 0.316. The molecule has 4 aromatic rings. The first-order valence-electron chi connectivity index (χ1n) is 11.0. The predicted molar refractivity (Wildman–Crippen MR) is 128 cm³/mol. The maximum atomic E-state index is 11.2. The summed E-state index contributed by atoms with van der Waals surface area (Å²) in [7, 11) is 1.93. The lowest BCUT2D eigenvalue weighted by molar-refractivity contribution is -0.385. The van der Waals surface area contributed by atoms with Crippen LogP contribution in [-0.2, 0) is 13.5 Å². The third-order valence-electron chi connectivity index (χ3n) is 6.48. The molecule has 1 aliphatic heterocycles. The lowest BCUT2D eigenvalue weighted by Crippen LogP contribution is -2.47. The van der Waals surface area contributed by atoms with E-state index in [2.05, 4.69) is 19.8 Å². The van der Waals surface area contributed by atoms with Gasteiger partial charge in [-0.15, -0.1) is 0 Å². The fourth-order valence-electron chi connectivity index (χ4n) is 4.60. The van der Waals surface area contributed by atoms with Gasteiger partial charge in [0.05, 0.1) is 15.4 Å². The number of aryl methyl sites for hydroxylation is 1. The van der Waals surface area contributed by atoms with Gasteiger partial charge in [-0.25, -0.2) is 9.97 Å². The molecule has 1 aliphatic rings. The van der Waals surface area contributed by atoms with Crippen molar-refractivity contribution in [2.75, 3.05) is 37.6 Å². The van der Waals surface area contributed by atoms with Gasteiger partial charge < -0.3 is 9.47 Å². The largest absolute Gasteiger partial charge is 0.352 e. The van der Waals surface area contributed by atoms with E-state index in [-0.39, 0.29) is 16.3 Å². The van der Waals surface area contributed by atoms with Crippen LogP contribution in [0.5, 0.6) is 0 Å². The Bertz CT molecular complexity index is 1390. The molecule has 2 aromatic heterocycles. The molecule has 0 unspecified atom stereocenters. The Balaban J connectivity index is 1.31. The number of fused-ring (bicyclic) bond motifs is 3. The molecule has 0 N–H and O–H groups in total. The molecule has 174 valence electrons. The highest BCUT2D eigenvalue weighted by Gasteiger charge is 2.23. The fourth-order valence-corrected chi connectivity index (χ4v) is 4.60. The molecule has 0 aliphatic carbocycles. The molecule has 0 atom stereocenters. The molecule has 0 saturated carbocycles. The van der Waals surface area contributed by atoms with E-state index in [4.69, 9.17) is 0 Å². The summed E-state index contributed by atoms with van der Waals surface area (Å²) >= 11 is 0. The second kappa shape index (κ2) is 8.67. The van der Waals surface area contributed by atoms with Crippen molar-refractivity contribution in [3.63, 3.8) is 0 Å².